The van der Waals surface area contributed by atoms with Crippen molar-refractivity contribution in [2.24, 2.45) is 0 Å². The van der Waals surface area contributed by atoms with Gasteiger partial charge in [-0.05, 0) is 19.1 Å². The van der Waals surface area contributed by atoms with E-state index in [1.54, 1.807) is 0 Å². The minimum Gasteiger partial charge on any atom is -0.469 e. The Morgan fingerprint density at radius 3 is 1.70 bits per heavy atom. The highest BCUT2D eigenvalue weighted by atomic mass is 16.6. The number of esters is 4. The van der Waals surface area contributed by atoms with E-state index in [9.17, 15) is 24.0 Å². The Labute approximate surface area is 155 Å². The molecule has 27 heavy (non-hydrogen) atoms. The van der Waals surface area contributed by atoms with Gasteiger partial charge in [-0.2, -0.15) is 0 Å². The molecule has 9 nitrogen and oxygen atoms in total. The molecule has 0 aliphatic heterocycles. The average molecular weight is 380 g/mol. The van der Waals surface area contributed by atoms with Crippen molar-refractivity contribution in [2.45, 2.75) is 32.6 Å². The van der Waals surface area contributed by atoms with Gasteiger partial charge in [0.1, 0.15) is 11.5 Å². The molecule has 1 aromatic rings. The SMILES string of the molecule is COC(=O)CCC(=O)Oc1ccc(C(C)=O)c(OC(=O)CCC(=O)OC)c1. The first kappa shape index (κ1) is 21.8. The van der Waals surface area contributed by atoms with Crippen LogP contribution in [0.4, 0.5) is 0 Å². The predicted molar refractivity (Wildman–Crippen MR) is 90.2 cm³/mol. The average Bonchev–Trinajstić information content (AvgIpc) is 2.63. The second kappa shape index (κ2) is 10.7. The van der Waals surface area contributed by atoms with Gasteiger partial charge in [0, 0.05) is 6.07 Å². The Kier molecular flexibility index (Phi) is 8.64. The molecule has 0 aliphatic carbocycles. The third-order valence-electron chi connectivity index (χ3n) is 3.31. The van der Waals surface area contributed by atoms with Crippen LogP contribution in [-0.4, -0.2) is 43.9 Å². The van der Waals surface area contributed by atoms with Gasteiger partial charge in [0.25, 0.3) is 0 Å². The van der Waals surface area contributed by atoms with Crippen LogP contribution in [0, 0.1) is 0 Å². The van der Waals surface area contributed by atoms with Crippen LogP contribution in [-0.2, 0) is 28.7 Å². The minimum absolute atomic E-state index is 0.0330. The molecule has 0 radical (unpaired) electrons. The Balaban J connectivity index is 2.83. The number of carbonyl (C=O) groups is 5. The van der Waals surface area contributed by atoms with Crippen LogP contribution in [0.2, 0.25) is 0 Å². The lowest BCUT2D eigenvalue weighted by atomic mass is 10.1. The van der Waals surface area contributed by atoms with E-state index < -0.39 is 23.9 Å². The molecule has 0 heterocycles. The van der Waals surface area contributed by atoms with E-state index in [0.717, 1.165) is 0 Å². The zero-order chi connectivity index (χ0) is 20.4. The number of ether oxygens (including phenoxy) is 4. The summed E-state index contributed by atoms with van der Waals surface area (Å²) in [4.78, 5) is 57.4. The van der Waals surface area contributed by atoms with Crippen LogP contribution >= 0.6 is 0 Å². The lowest BCUT2D eigenvalue weighted by Crippen LogP contribution is -2.14. The number of rotatable bonds is 9. The highest BCUT2D eigenvalue weighted by Crippen LogP contribution is 2.26. The molecule has 0 amide bonds. The highest BCUT2D eigenvalue weighted by molar-refractivity contribution is 5.98. The molecular weight excluding hydrogens is 360 g/mol. The number of benzene rings is 1. The van der Waals surface area contributed by atoms with Gasteiger partial charge in [-0.1, -0.05) is 0 Å². The van der Waals surface area contributed by atoms with E-state index in [0.29, 0.717) is 0 Å². The first-order chi connectivity index (χ1) is 12.8. The van der Waals surface area contributed by atoms with Crippen LogP contribution in [0.15, 0.2) is 18.2 Å². The molecular formula is C18H20O9. The van der Waals surface area contributed by atoms with Crippen LogP contribution < -0.4 is 9.47 Å². The summed E-state index contributed by atoms with van der Waals surface area (Å²) in [5.74, 6) is -3.02. The largest absolute Gasteiger partial charge is 0.469 e. The summed E-state index contributed by atoms with van der Waals surface area (Å²) in [5, 5.41) is 0. The maximum atomic E-state index is 11.9. The van der Waals surface area contributed by atoms with E-state index in [1.807, 2.05) is 0 Å². The Hall–Kier alpha value is -3.23. The number of methoxy groups -OCH3 is 2. The van der Waals surface area contributed by atoms with Crippen molar-refractivity contribution >= 4 is 29.7 Å². The van der Waals surface area contributed by atoms with Crippen LogP contribution in [0.5, 0.6) is 11.5 Å². The zero-order valence-corrected chi connectivity index (χ0v) is 15.2. The molecule has 0 saturated heterocycles. The van der Waals surface area contributed by atoms with E-state index in [2.05, 4.69) is 9.47 Å². The van der Waals surface area contributed by atoms with Crippen LogP contribution in [0.3, 0.4) is 0 Å². The van der Waals surface area contributed by atoms with E-state index in [4.69, 9.17) is 9.47 Å². The fourth-order valence-corrected chi connectivity index (χ4v) is 1.91. The molecule has 0 fully saturated rings. The van der Waals surface area contributed by atoms with Crippen molar-refractivity contribution in [3.8, 4) is 11.5 Å². The summed E-state index contributed by atoms with van der Waals surface area (Å²) in [6, 6.07) is 3.91. The van der Waals surface area contributed by atoms with Crippen molar-refractivity contribution in [3.63, 3.8) is 0 Å². The van der Waals surface area contributed by atoms with Gasteiger partial charge >= 0.3 is 23.9 Å². The number of hydrogen-bond donors (Lipinski definition) is 0. The summed E-state index contributed by atoms with van der Waals surface area (Å²) in [6.45, 7) is 1.28. The molecule has 0 bridgehead atoms. The standard InChI is InChI=1S/C18H20O9/c1-11(19)13-5-4-12(26-17(22)8-6-15(20)24-2)10-14(13)27-18(23)9-7-16(21)25-3/h4-5,10H,6-9H2,1-3H3. The molecule has 0 aromatic heterocycles. The third kappa shape index (κ3) is 7.68. The van der Waals surface area contributed by atoms with E-state index in [1.165, 1.54) is 39.3 Å². The quantitative estimate of drug-likeness (QED) is 0.357. The van der Waals surface area contributed by atoms with Crippen molar-refractivity contribution in [1.29, 1.82) is 0 Å². The maximum Gasteiger partial charge on any atom is 0.311 e. The normalized spacial score (nSPS) is 9.89. The Bertz CT molecular complexity index is 736. The number of ketones is 1. The van der Waals surface area contributed by atoms with Gasteiger partial charge in [0.2, 0.25) is 0 Å². The molecule has 1 aromatic carbocycles. The summed E-state index contributed by atoms with van der Waals surface area (Å²) in [7, 11) is 2.40. The lowest BCUT2D eigenvalue weighted by Gasteiger charge is -2.10. The summed E-state index contributed by atoms with van der Waals surface area (Å²) in [6.07, 6.45) is -0.758. The van der Waals surface area contributed by atoms with Gasteiger partial charge in [0.15, 0.2) is 5.78 Å². The fourth-order valence-electron chi connectivity index (χ4n) is 1.91. The van der Waals surface area contributed by atoms with Gasteiger partial charge in [-0.3, -0.25) is 24.0 Å². The first-order valence-electron chi connectivity index (χ1n) is 7.96. The van der Waals surface area contributed by atoms with Gasteiger partial charge in [0.05, 0.1) is 45.5 Å². The molecule has 0 N–H and O–H groups in total. The van der Waals surface area contributed by atoms with Gasteiger partial charge < -0.3 is 18.9 Å². The predicted octanol–water partition coefficient (Wildman–Crippen LogP) is 1.61. The second-order valence-electron chi connectivity index (χ2n) is 5.31. The third-order valence-corrected chi connectivity index (χ3v) is 3.31. The molecule has 0 unspecified atom stereocenters. The highest BCUT2D eigenvalue weighted by Gasteiger charge is 2.17. The molecule has 1 rings (SSSR count). The number of hydrogen-bond acceptors (Lipinski definition) is 9. The molecule has 0 aliphatic rings. The first-order valence-corrected chi connectivity index (χ1v) is 7.96. The van der Waals surface area contributed by atoms with E-state index >= 15 is 0 Å². The summed E-state index contributed by atoms with van der Waals surface area (Å²) in [5.41, 5.74) is 0.107. The molecule has 146 valence electrons. The van der Waals surface area contributed by atoms with E-state index in [-0.39, 0.29) is 48.5 Å². The maximum absolute atomic E-state index is 11.9. The molecule has 0 saturated carbocycles. The number of carbonyl (C=O) groups excluding carboxylic acids is 5. The van der Waals surface area contributed by atoms with Crippen molar-refractivity contribution in [3.05, 3.63) is 23.8 Å². The zero-order valence-electron chi connectivity index (χ0n) is 15.2. The topological polar surface area (TPSA) is 122 Å². The van der Waals surface area contributed by atoms with Crippen molar-refractivity contribution in [1.82, 2.24) is 0 Å². The fraction of sp³-hybridized carbons (Fsp3) is 0.389. The van der Waals surface area contributed by atoms with Gasteiger partial charge in [-0.25, -0.2) is 0 Å². The molecule has 0 spiro atoms. The Morgan fingerprint density at radius 2 is 1.22 bits per heavy atom. The van der Waals surface area contributed by atoms with Gasteiger partial charge in [-0.15, -0.1) is 0 Å². The van der Waals surface area contributed by atoms with Crippen molar-refractivity contribution < 1.29 is 42.9 Å². The van der Waals surface area contributed by atoms with Crippen LogP contribution in [0.1, 0.15) is 43.0 Å². The summed E-state index contributed by atoms with van der Waals surface area (Å²) >= 11 is 0. The van der Waals surface area contributed by atoms with Crippen LogP contribution in [0.25, 0.3) is 0 Å². The molecule has 0 atom stereocenters. The Morgan fingerprint density at radius 1 is 0.741 bits per heavy atom. The number of Topliss-reactive ketones (excluding diaryl/α,β-unsaturated/α-hetero) is 1. The minimum atomic E-state index is -0.753. The van der Waals surface area contributed by atoms with Crippen molar-refractivity contribution in [2.75, 3.05) is 14.2 Å². The second-order valence-corrected chi connectivity index (χ2v) is 5.31. The lowest BCUT2D eigenvalue weighted by molar-refractivity contribution is -0.144. The summed E-state index contributed by atoms with van der Waals surface area (Å²) < 4.78 is 19.0. The smallest absolute Gasteiger partial charge is 0.311 e. The molecule has 9 heteroatoms. The monoisotopic (exact) mass is 380 g/mol.